The Hall–Kier alpha value is -1.46. The number of carbonyl (C=O) groups is 2. The number of hydrogen-bond donors (Lipinski definition) is 0. The summed E-state index contributed by atoms with van der Waals surface area (Å²) in [5.74, 6) is 0. The Labute approximate surface area is 184 Å². The predicted octanol–water partition coefficient (Wildman–Crippen LogP) is 8.27. The number of unbranched alkanes of at least 4 members (excludes halogenated alkanes) is 12. The molecule has 178 valence electrons. The minimum absolute atomic E-state index is 0.274. The Bertz CT molecular complexity index is 375. The van der Waals surface area contributed by atoms with E-state index < -0.39 is 12.3 Å². The van der Waals surface area contributed by atoms with E-state index in [0.29, 0.717) is 0 Å². The van der Waals surface area contributed by atoms with Gasteiger partial charge in [-0.15, -0.1) is 0 Å². The van der Waals surface area contributed by atoms with Gasteiger partial charge >= 0.3 is 12.3 Å². The summed E-state index contributed by atoms with van der Waals surface area (Å²) in [6.45, 7) is 8.03. The molecular weight excluding hydrogens is 384 g/mol. The molecule has 0 aromatic carbocycles. The van der Waals surface area contributed by atoms with E-state index in [1.165, 1.54) is 64.2 Å². The van der Waals surface area contributed by atoms with Crippen LogP contribution in [0, 0.1) is 0 Å². The van der Waals surface area contributed by atoms with Gasteiger partial charge in [0, 0.05) is 0 Å². The predicted molar refractivity (Wildman–Crippen MR) is 119 cm³/mol. The SMILES string of the molecule is CCCCCCCCCC(C)OC(=O)OOC(=O)OC(C)CCCCCCCCC. The number of carbonyl (C=O) groups excluding carboxylic acids is 2. The lowest BCUT2D eigenvalue weighted by Crippen LogP contribution is -2.21. The molecule has 0 heterocycles. The van der Waals surface area contributed by atoms with Crippen molar-refractivity contribution in [3.63, 3.8) is 0 Å². The van der Waals surface area contributed by atoms with E-state index in [0.717, 1.165) is 38.5 Å². The molecule has 0 spiro atoms. The highest BCUT2D eigenvalue weighted by Gasteiger charge is 2.17. The molecule has 2 unspecified atom stereocenters. The van der Waals surface area contributed by atoms with E-state index >= 15 is 0 Å². The van der Waals surface area contributed by atoms with Crippen molar-refractivity contribution in [3.05, 3.63) is 0 Å². The molecule has 0 saturated heterocycles. The van der Waals surface area contributed by atoms with Crippen LogP contribution >= 0.6 is 0 Å². The van der Waals surface area contributed by atoms with Crippen LogP contribution in [0.25, 0.3) is 0 Å². The third-order valence-corrected chi connectivity index (χ3v) is 5.20. The van der Waals surface area contributed by atoms with Gasteiger partial charge in [0.25, 0.3) is 0 Å². The first-order valence-electron chi connectivity index (χ1n) is 12.2. The summed E-state index contributed by atoms with van der Waals surface area (Å²) in [7, 11) is 0. The van der Waals surface area contributed by atoms with E-state index in [1.807, 2.05) is 0 Å². The minimum Gasteiger partial charge on any atom is -0.429 e. The van der Waals surface area contributed by atoms with Gasteiger partial charge in [0.1, 0.15) is 12.2 Å². The third-order valence-electron chi connectivity index (χ3n) is 5.20. The van der Waals surface area contributed by atoms with Crippen molar-refractivity contribution in [2.24, 2.45) is 0 Å². The summed E-state index contributed by atoms with van der Waals surface area (Å²) >= 11 is 0. The first-order chi connectivity index (χ1) is 14.5. The lowest BCUT2D eigenvalue weighted by molar-refractivity contribution is -0.224. The van der Waals surface area contributed by atoms with Crippen molar-refractivity contribution in [2.75, 3.05) is 0 Å². The summed E-state index contributed by atoms with van der Waals surface area (Å²) in [5, 5.41) is 0. The van der Waals surface area contributed by atoms with Gasteiger partial charge in [-0.2, -0.15) is 19.4 Å². The van der Waals surface area contributed by atoms with Crippen LogP contribution in [0.15, 0.2) is 0 Å². The Morgan fingerprint density at radius 1 is 0.533 bits per heavy atom. The van der Waals surface area contributed by atoms with Crippen molar-refractivity contribution in [1.29, 1.82) is 0 Å². The molecule has 0 N–H and O–H groups in total. The summed E-state index contributed by atoms with van der Waals surface area (Å²) in [4.78, 5) is 32.0. The van der Waals surface area contributed by atoms with Gasteiger partial charge in [-0.25, -0.2) is 0 Å². The third kappa shape index (κ3) is 19.8. The van der Waals surface area contributed by atoms with Gasteiger partial charge in [-0.1, -0.05) is 90.9 Å². The molecule has 6 heteroatoms. The number of rotatable bonds is 18. The Kier molecular flexibility index (Phi) is 19.8. The molecule has 0 aliphatic heterocycles. The molecule has 30 heavy (non-hydrogen) atoms. The molecule has 0 radical (unpaired) electrons. The Morgan fingerprint density at radius 2 is 0.833 bits per heavy atom. The van der Waals surface area contributed by atoms with Crippen molar-refractivity contribution in [3.8, 4) is 0 Å². The zero-order chi connectivity index (χ0) is 22.5. The normalized spacial score (nSPS) is 12.8. The van der Waals surface area contributed by atoms with Crippen LogP contribution in [-0.4, -0.2) is 24.5 Å². The van der Waals surface area contributed by atoms with Crippen molar-refractivity contribution >= 4 is 12.3 Å². The second kappa shape index (κ2) is 20.8. The highest BCUT2D eigenvalue weighted by atomic mass is 17.3. The Morgan fingerprint density at radius 3 is 1.17 bits per heavy atom. The van der Waals surface area contributed by atoms with Gasteiger partial charge in [0.05, 0.1) is 0 Å². The molecule has 0 aliphatic carbocycles. The number of hydrogen-bond acceptors (Lipinski definition) is 6. The lowest BCUT2D eigenvalue weighted by Gasteiger charge is -2.13. The second-order valence-electron chi connectivity index (χ2n) is 8.34. The highest BCUT2D eigenvalue weighted by molar-refractivity contribution is 5.63. The zero-order valence-corrected chi connectivity index (χ0v) is 19.9. The minimum atomic E-state index is -1.01. The van der Waals surface area contributed by atoms with Crippen LogP contribution < -0.4 is 0 Å². The monoisotopic (exact) mass is 430 g/mol. The lowest BCUT2D eigenvalue weighted by atomic mass is 10.1. The standard InChI is InChI=1S/C24H46O6/c1-5-7-9-11-13-15-17-19-21(3)27-23(25)29-30-24(26)28-22(4)20-18-16-14-12-10-8-6-2/h21-22H,5-20H2,1-4H3. The second-order valence-corrected chi connectivity index (χ2v) is 8.34. The molecular formula is C24H46O6. The summed E-state index contributed by atoms with van der Waals surface area (Å²) in [6, 6.07) is 0. The first-order valence-corrected chi connectivity index (χ1v) is 12.2. The topological polar surface area (TPSA) is 71.1 Å². The summed E-state index contributed by atoms with van der Waals surface area (Å²) in [5.41, 5.74) is 0. The molecule has 0 bridgehead atoms. The van der Waals surface area contributed by atoms with Gasteiger partial charge in [-0.3, -0.25) is 0 Å². The van der Waals surface area contributed by atoms with Crippen LogP contribution in [0.1, 0.15) is 130 Å². The molecule has 0 rings (SSSR count). The van der Waals surface area contributed by atoms with E-state index in [-0.39, 0.29) is 12.2 Å². The van der Waals surface area contributed by atoms with E-state index in [2.05, 4.69) is 23.6 Å². The Balaban J connectivity index is 3.63. The van der Waals surface area contributed by atoms with Gasteiger partial charge in [0.15, 0.2) is 0 Å². The average molecular weight is 431 g/mol. The van der Waals surface area contributed by atoms with E-state index in [4.69, 9.17) is 9.47 Å². The smallest absolute Gasteiger partial charge is 0.429 e. The molecule has 0 fully saturated rings. The maximum absolute atomic E-state index is 11.6. The fourth-order valence-electron chi connectivity index (χ4n) is 3.33. The summed E-state index contributed by atoms with van der Waals surface area (Å²) < 4.78 is 10.2. The quantitative estimate of drug-likeness (QED) is 0.0943. The average Bonchev–Trinajstić information content (AvgIpc) is 2.71. The fourth-order valence-corrected chi connectivity index (χ4v) is 3.33. The maximum Gasteiger partial charge on any atom is 0.550 e. The first kappa shape index (κ1) is 28.5. The fraction of sp³-hybridized carbons (Fsp3) is 0.917. The molecule has 0 aliphatic rings. The van der Waals surface area contributed by atoms with E-state index in [9.17, 15) is 9.59 Å². The molecule has 0 aromatic heterocycles. The highest BCUT2D eigenvalue weighted by Crippen LogP contribution is 2.13. The van der Waals surface area contributed by atoms with Crippen LogP contribution in [0.4, 0.5) is 9.59 Å². The zero-order valence-electron chi connectivity index (χ0n) is 19.9. The van der Waals surface area contributed by atoms with Crippen molar-refractivity contribution < 1.29 is 28.8 Å². The van der Waals surface area contributed by atoms with Crippen LogP contribution in [-0.2, 0) is 19.2 Å². The van der Waals surface area contributed by atoms with Gasteiger partial charge in [-0.05, 0) is 39.5 Å². The molecule has 0 saturated carbocycles. The molecule has 6 nitrogen and oxygen atoms in total. The maximum atomic E-state index is 11.6. The largest absolute Gasteiger partial charge is 0.550 e. The summed E-state index contributed by atoms with van der Waals surface area (Å²) in [6.07, 6.45) is 15.8. The van der Waals surface area contributed by atoms with Crippen LogP contribution in [0.5, 0.6) is 0 Å². The van der Waals surface area contributed by atoms with E-state index in [1.54, 1.807) is 13.8 Å². The molecule has 2 atom stereocenters. The van der Waals surface area contributed by atoms with Crippen molar-refractivity contribution in [2.45, 2.75) is 143 Å². The number of ether oxygens (including phenoxy) is 2. The van der Waals surface area contributed by atoms with Crippen LogP contribution in [0.2, 0.25) is 0 Å². The molecule has 0 aromatic rings. The van der Waals surface area contributed by atoms with Gasteiger partial charge < -0.3 is 9.47 Å². The molecule has 0 amide bonds. The van der Waals surface area contributed by atoms with Crippen molar-refractivity contribution in [1.82, 2.24) is 0 Å². The van der Waals surface area contributed by atoms with Gasteiger partial charge in [0.2, 0.25) is 0 Å². The van der Waals surface area contributed by atoms with Crippen LogP contribution in [0.3, 0.4) is 0 Å².